The highest BCUT2D eigenvalue weighted by atomic mass is 16.6. The van der Waals surface area contributed by atoms with Gasteiger partial charge in [0.1, 0.15) is 6.20 Å². The molecular weight excluding hydrogens is 358 g/mol. The summed E-state index contributed by atoms with van der Waals surface area (Å²) in [5.41, 5.74) is 2.37. The summed E-state index contributed by atoms with van der Waals surface area (Å²) in [7, 11) is 0. The van der Waals surface area contributed by atoms with Gasteiger partial charge in [-0.3, -0.25) is 25.2 Å². The lowest BCUT2D eigenvalue weighted by Crippen LogP contribution is -2.22. The molecule has 142 valence electrons. The van der Waals surface area contributed by atoms with Crippen LogP contribution >= 0.6 is 0 Å². The summed E-state index contributed by atoms with van der Waals surface area (Å²) in [6, 6.07) is 22.0. The lowest BCUT2D eigenvalue weighted by Gasteiger charge is -2.24. The van der Waals surface area contributed by atoms with Gasteiger partial charge in [0.05, 0.1) is 10.8 Å². The smallest absolute Gasteiger partial charge is 0.265 e. The first-order chi connectivity index (χ1) is 13.5. The molecule has 0 saturated carbocycles. The summed E-state index contributed by atoms with van der Waals surface area (Å²) in [4.78, 5) is 25.8. The van der Waals surface area contributed by atoms with Crippen molar-refractivity contribution in [2.24, 2.45) is 0 Å². The summed E-state index contributed by atoms with van der Waals surface area (Å²) in [5.74, 6) is -0.707. The minimum Gasteiger partial charge on any atom is -0.265 e. The maximum atomic E-state index is 11.4. The van der Waals surface area contributed by atoms with Gasteiger partial charge in [-0.15, -0.1) is 0 Å². The second-order valence-corrected chi connectivity index (χ2v) is 6.53. The molecule has 0 bridgehead atoms. The number of benzene rings is 2. The second kappa shape index (κ2) is 8.85. The summed E-state index contributed by atoms with van der Waals surface area (Å²) < 4.78 is 0. The standard InChI is InChI=1S/C21H19N3O4/c25-23(26)15-20(17-9-5-2-6-10-17)19(13-16-7-3-1-4-8-16)21-12-11-18(14-22-21)24(27)28/h1-12,14,19-20H,13,15H2/t19-,20-/m0/s1. The largest absolute Gasteiger partial charge is 0.287 e. The number of rotatable bonds is 8. The molecule has 2 atom stereocenters. The first kappa shape index (κ1) is 19.2. The third kappa shape index (κ3) is 4.76. The molecule has 0 spiro atoms. The van der Waals surface area contributed by atoms with Crippen molar-refractivity contribution < 1.29 is 9.85 Å². The first-order valence-corrected chi connectivity index (χ1v) is 8.85. The van der Waals surface area contributed by atoms with E-state index in [1.54, 1.807) is 6.07 Å². The van der Waals surface area contributed by atoms with Gasteiger partial charge in [-0.2, -0.15) is 0 Å². The molecule has 3 rings (SSSR count). The fourth-order valence-corrected chi connectivity index (χ4v) is 3.37. The molecule has 2 aromatic carbocycles. The van der Waals surface area contributed by atoms with E-state index < -0.39 is 10.8 Å². The molecule has 0 amide bonds. The second-order valence-electron chi connectivity index (χ2n) is 6.53. The summed E-state index contributed by atoms with van der Waals surface area (Å²) >= 11 is 0. The average molecular weight is 377 g/mol. The van der Waals surface area contributed by atoms with E-state index in [9.17, 15) is 20.2 Å². The highest BCUT2D eigenvalue weighted by Gasteiger charge is 2.30. The highest BCUT2D eigenvalue weighted by Crippen LogP contribution is 2.35. The molecule has 0 fully saturated rings. The number of hydrogen-bond acceptors (Lipinski definition) is 5. The van der Waals surface area contributed by atoms with Gasteiger partial charge in [0.25, 0.3) is 5.69 Å². The van der Waals surface area contributed by atoms with E-state index in [1.165, 1.54) is 12.3 Å². The molecule has 0 unspecified atom stereocenters. The number of nitro groups is 2. The molecule has 0 aliphatic heterocycles. The Bertz CT molecular complexity index is 931. The van der Waals surface area contributed by atoms with Crippen LogP contribution in [0.2, 0.25) is 0 Å². The van der Waals surface area contributed by atoms with Crippen molar-refractivity contribution in [2.75, 3.05) is 6.54 Å². The van der Waals surface area contributed by atoms with Gasteiger partial charge in [-0.05, 0) is 23.6 Å². The zero-order valence-electron chi connectivity index (χ0n) is 15.0. The Balaban J connectivity index is 2.04. The van der Waals surface area contributed by atoms with Crippen LogP contribution in [0.15, 0.2) is 79.0 Å². The van der Waals surface area contributed by atoms with E-state index in [0.717, 1.165) is 11.1 Å². The van der Waals surface area contributed by atoms with Gasteiger partial charge in [0.2, 0.25) is 6.54 Å². The predicted octanol–water partition coefficient (Wildman–Crippen LogP) is 4.38. The lowest BCUT2D eigenvalue weighted by molar-refractivity contribution is -0.484. The molecule has 7 heteroatoms. The lowest BCUT2D eigenvalue weighted by atomic mass is 9.80. The van der Waals surface area contributed by atoms with Crippen LogP contribution in [0.5, 0.6) is 0 Å². The van der Waals surface area contributed by atoms with Crippen molar-refractivity contribution >= 4 is 5.69 Å². The minimum atomic E-state index is -0.505. The highest BCUT2D eigenvalue weighted by molar-refractivity contribution is 5.32. The van der Waals surface area contributed by atoms with Crippen molar-refractivity contribution in [3.8, 4) is 0 Å². The van der Waals surface area contributed by atoms with E-state index in [1.807, 2.05) is 60.7 Å². The molecular formula is C21H19N3O4. The Morgan fingerprint density at radius 1 is 0.821 bits per heavy atom. The monoisotopic (exact) mass is 377 g/mol. The van der Waals surface area contributed by atoms with Gasteiger partial charge >= 0.3 is 0 Å². The Hall–Kier alpha value is -3.61. The summed E-state index contributed by atoms with van der Waals surface area (Å²) in [5, 5.41) is 22.4. The van der Waals surface area contributed by atoms with Crippen LogP contribution in [0, 0.1) is 20.2 Å². The molecule has 0 N–H and O–H groups in total. The Labute approximate surface area is 162 Å². The molecule has 0 aliphatic carbocycles. The van der Waals surface area contributed by atoms with Crippen LogP contribution in [-0.4, -0.2) is 21.4 Å². The van der Waals surface area contributed by atoms with Gasteiger partial charge < -0.3 is 0 Å². The third-order valence-electron chi connectivity index (χ3n) is 4.72. The van der Waals surface area contributed by atoms with Crippen molar-refractivity contribution in [1.29, 1.82) is 0 Å². The van der Waals surface area contributed by atoms with Gasteiger partial charge in [-0.25, -0.2) is 0 Å². The Morgan fingerprint density at radius 2 is 1.46 bits per heavy atom. The summed E-state index contributed by atoms with van der Waals surface area (Å²) in [6.45, 7) is -0.250. The van der Waals surface area contributed by atoms with Crippen molar-refractivity contribution in [3.05, 3.63) is 116 Å². The van der Waals surface area contributed by atoms with Gasteiger partial charge in [-0.1, -0.05) is 60.7 Å². The Kier molecular flexibility index (Phi) is 6.06. The number of nitrogens with zero attached hydrogens (tertiary/aromatic N) is 3. The van der Waals surface area contributed by atoms with Crippen LogP contribution in [0.25, 0.3) is 0 Å². The average Bonchev–Trinajstić information content (AvgIpc) is 2.72. The predicted molar refractivity (Wildman–Crippen MR) is 105 cm³/mol. The van der Waals surface area contributed by atoms with E-state index in [-0.39, 0.29) is 23.1 Å². The van der Waals surface area contributed by atoms with Crippen LogP contribution in [0.1, 0.15) is 28.7 Å². The quantitative estimate of drug-likeness (QED) is 0.428. The van der Waals surface area contributed by atoms with Crippen LogP contribution in [0.4, 0.5) is 5.69 Å². The fraction of sp³-hybridized carbons (Fsp3) is 0.190. The van der Waals surface area contributed by atoms with Crippen LogP contribution in [-0.2, 0) is 6.42 Å². The maximum absolute atomic E-state index is 11.4. The molecule has 0 aliphatic rings. The van der Waals surface area contributed by atoms with Crippen molar-refractivity contribution in [3.63, 3.8) is 0 Å². The van der Waals surface area contributed by atoms with Gasteiger partial charge in [0.15, 0.2) is 0 Å². The number of hydrogen-bond donors (Lipinski definition) is 0. The van der Waals surface area contributed by atoms with E-state index in [0.29, 0.717) is 12.1 Å². The molecule has 7 nitrogen and oxygen atoms in total. The van der Waals surface area contributed by atoms with Crippen molar-refractivity contribution in [2.45, 2.75) is 18.3 Å². The van der Waals surface area contributed by atoms with Gasteiger partial charge in [0, 0.05) is 22.6 Å². The van der Waals surface area contributed by atoms with Crippen molar-refractivity contribution in [1.82, 2.24) is 4.98 Å². The zero-order valence-corrected chi connectivity index (χ0v) is 15.0. The molecule has 0 radical (unpaired) electrons. The summed E-state index contributed by atoms with van der Waals surface area (Å²) in [6.07, 6.45) is 1.75. The zero-order chi connectivity index (χ0) is 19.9. The van der Waals surface area contributed by atoms with E-state index in [2.05, 4.69) is 4.98 Å². The third-order valence-corrected chi connectivity index (χ3v) is 4.72. The molecule has 1 aromatic heterocycles. The minimum absolute atomic E-state index is 0.104. The first-order valence-electron chi connectivity index (χ1n) is 8.85. The molecule has 0 saturated heterocycles. The number of pyridine rings is 1. The van der Waals surface area contributed by atoms with E-state index >= 15 is 0 Å². The van der Waals surface area contributed by atoms with E-state index in [4.69, 9.17) is 0 Å². The maximum Gasteiger partial charge on any atom is 0.287 e. The molecule has 3 aromatic rings. The van der Waals surface area contributed by atoms with Crippen LogP contribution < -0.4 is 0 Å². The number of aromatic nitrogens is 1. The molecule has 1 heterocycles. The molecule has 28 heavy (non-hydrogen) atoms. The topological polar surface area (TPSA) is 99.2 Å². The van der Waals surface area contributed by atoms with Crippen LogP contribution in [0.3, 0.4) is 0 Å². The Morgan fingerprint density at radius 3 is 2.00 bits per heavy atom. The normalized spacial score (nSPS) is 12.9. The SMILES string of the molecule is O=[N+]([O-])C[C@@H](c1ccccc1)[C@H](Cc1ccccc1)c1ccc([N+](=O)[O-])cn1. The fourth-order valence-electron chi connectivity index (χ4n) is 3.37.